The zero-order valence-electron chi connectivity index (χ0n) is 13.1. The first kappa shape index (κ1) is 16.5. The molecule has 0 unspecified atom stereocenters. The molecular weight excluding hydrogens is 340 g/mol. The lowest BCUT2D eigenvalue weighted by Gasteiger charge is -2.13. The van der Waals surface area contributed by atoms with Crippen LogP contribution in [0, 0.1) is 6.92 Å². The maximum absolute atomic E-state index is 13.0. The van der Waals surface area contributed by atoms with Crippen LogP contribution in [0.2, 0.25) is 0 Å². The molecule has 0 saturated carbocycles. The van der Waals surface area contributed by atoms with Gasteiger partial charge in [-0.25, -0.2) is 0 Å². The van der Waals surface area contributed by atoms with E-state index in [0.29, 0.717) is 16.4 Å². The third-order valence-corrected chi connectivity index (χ3v) is 4.80. The quantitative estimate of drug-likeness (QED) is 0.417. The molecular formula is C18H17N2O2S2+. The molecule has 1 N–H and O–H groups in total. The number of furan rings is 1. The Morgan fingerprint density at radius 2 is 2.21 bits per heavy atom. The molecule has 0 aromatic carbocycles. The number of rotatable bonds is 6. The first-order valence-electron chi connectivity index (χ1n) is 7.50. The number of carbonyl (C=O) groups excluding carboxylic acids is 1. The number of aryl methyl sites for hydroxylation is 1. The van der Waals surface area contributed by atoms with Crippen molar-refractivity contribution in [3.63, 3.8) is 0 Å². The van der Waals surface area contributed by atoms with Crippen LogP contribution in [0.1, 0.15) is 27.0 Å². The van der Waals surface area contributed by atoms with E-state index >= 15 is 0 Å². The minimum atomic E-state index is -0.575. The van der Waals surface area contributed by atoms with Crippen LogP contribution in [0.4, 0.5) is 0 Å². The number of hydrogen-bond donors (Lipinski definition) is 1. The summed E-state index contributed by atoms with van der Waals surface area (Å²) in [6.07, 6.45) is 5.41. The molecule has 0 radical (unpaired) electrons. The van der Waals surface area contributed by atoms with Crippen molar-refractivity contribution >= 4 is 34.3 Å². The summed E-state index contributed by atoms with van der Waals surface area (Å²) in [4.78, 5) is 14.1. The number of nitrogens with one attached hydrogen (secondary N) is 1. The van der Waals surface area contributed by atoms with E-state index in [2.05, 4.69) is 5.32 Å². The first-order valence-corrected chi connectivity index (χ1v) is 8.79. The largest absolute Gasteiger partial charge is 0.467 e. The fraction of sp³-hybridized carbons (Fsp3) is 0.167. The van der Waals surface area contributed by atoms with E-state index < -0.39 is 6.04 Å². The van der Waals surface area contributed by atoms with Gasteiger partial charge in [0.1, 0.15) is 5.76 Å². The third kappa shape index (κ3) is 3.77. The molecule has 1 atom stereocenters. The summed E-state index contributed by atoms with van der Waals surface area (Å²) in [5.41, 5.74) is 1.07. The fourth-order valence-corrected chi connectivity index (χ4v) is 3.39. The van der Waals surface area contributed by atoms with Crippen molar-refractivity contribution in [3.05, 3.63) is 76.6 Å². The van der Waals surface area contributed by atoms with Crippen molar-refractivity contribution in [2.24, 2.45) is 0 Å². The lowest BCUT2D eigenvalue weighted by molar-refractivity contribution is -0.692. The molecule has 122 valence electrons. The van der Waals surface area contributed by atoms with Gasteiger partial charge >= 0.3 is 0 Å². The van der Waals surface area contributed by atoms with Crippen LogP contribution in [0.3, 0.4) is 0 Å². The number of ketones is 1. The lowest BCUT2D eigenvalue weighted by Crippen LogP contribution is -2.51. The summed E-state index contributed by atoms with van der Waals surface area (Å²) < 4.78 is 7.17. The highest BCUT2D eigenvalue weighted by Gasteiger charge is 2.33. The van der Waals surface area contributed by atoms with Gasteiger partial charge in [0, 0.05) is 11.6 Å². The smallest absolute Gasteiger partial charge is 0.271 e. The molecule has 3 heterocycles. The summed E-state index contributed by atoms with van der Waals surface area (Å²) in [7, 11) is 0. The van der Waals surface area contributed by atoms with Gasteiger partial charge in [-0.3, -0.25) is 4.79 Å². The van der Waals surface area contributed by atoms with Crippen LogP contribution < -0.4 is 9.88 Å². The number of thiocarbonyl (C=S) groups is 1. The van der Waals surface area contributed by atoms with Crippen molar-refractivity contribution < 1.29 is 13.8 Å². The predicted molar refractivity (Wildman–Crippen MR) is 97.2 cm³/mol. The van der Waals surface area contributed by atoms with Gasteiger partial charge in [0.25, 0.3) is 6.04 Å². The number of carbonyl (C=O) groups is 1. The number of Topliss-reactive ketones (excluding diaryl/α,β-unsaturated/α-hetero) is 1. The highest BCUT2D eigenvalue weighted by atomic mass is 32.1. The second kappa shape index (κ2) is 7.51. The maximum atomic E-state index is 13.0. The summed E-state index contributed by atoms with van der Waals surface area (Å²) in [6, 6.07) is 10.7. The van der Waals surface area contributed by atoms with Crippen LogP contribution >= 0.6 is 23.6 Å². The van der Waals surface area contributed by atoms with Crippen LogP contribution in [-0.2, 0) is 6.54 Å². The number of pyridine rings is 1. The van der Waals surface area contributed by atoms with Gasteiger partial charge in [0.2, 0.25) is 5.78 Å². The highest BCUT2D eigenvalue weighted by molar-refractivity contribution is 7.80. The van der Waals surface area contributed by atoms with Gasteiger partial charge in [0.05, 0.1) is 17.7 Å². The van der Waals surface area contributed by atoms with Crippen molar-refractivity contribution in [1.82, 2.24) is 5.32 Å². The van der Waals surface area contributed by atoms with Gasteiger partial charge < -0.3 is 9.73 Å². The Hall–Kier alpha value is -2.31. The molecule has 6 heteroatoms. The van der Waals surface area contributed by atoms with Crippen LogP contribution in [0.25, 0.3) is 0 Å². The molecule has 0 aliphatic rings. The molecule has 3 rings (SSSR count). The lowest BCUT2D eigenvalue weighted by atomic mass is 10.1. The molecule has 0 saturated heterocycles. The summed E-state index contributed by atoms with van der Waals surface area (Å²) in [5.74, 6) is 0.756. The Bertz CT molecular complexity index is 827. The van der Waals surface area contributed by atoms with Crippen LogP contribution in [0.15, 0.2) is 64.9 Å². The van der Waals surface area contributed by atoms with Crippen molar-refractivity contribution in [3.8, 4) is 0 Å². The van der Waals surface area contributed by atoms with Crippen molar-refractivity contribution in [2.45, 2.75) is 19.5 Å². The number of nitrogens with zero attached hydrogens (tertiary/aromatic N) is 1. The Morgan fingerprint density at radius 1 is 1.33 bits per heavy atom. The monoisotopic (exact) mass is 357 g/mol. The number of hydrogen-bond acceptors (Lipinski definition) is 4. The Kier molecular flexibility index (Phi) is 5.17. The van der Waals surface area contributed by atoms with Gasteiger partial charge in [-0.15, -0.1) is 11.3 Å². The van der Waals surface area contributed by atoms with Crippen LogP contribution in [-0.4, -0.2) is 10.8 Å². The average Bonchev–Trinajstić information content (AvgIpc) is 3.27. The average molecular weight is 357 g/mol. The number of thiophene rings is 1. The summed E-state index contributed by atoms with van der Waals surface area (Å²) in [6.45, 7) is 2.44. The summed E-state index contributed by atoms with van der Waals surface area (Å²) >= 11 is 6.96. The fourth-order valence-electron chi connectivity index (χ4n) is 2.40. The molecule has 0 bridgehead atoms. The SMILES string of the molecule is Cc1ccc[n+]([C@@H](C(=O)c2cccs2)C(=S)NCc2ccco2)c1. The Labute approximate surface area is 149 Å². The molecule has 0 amide bonds. The van der Waals surface area contributed by atoms with E-state index in [-0.39, 0.29) is 5.78 Å². The topological polar surface area (TPSA) is 46.1 Å². The van der Waals surface area contributed by atoms with Gasteiger partial charge in [-0.2, -0.15) is 4.57 Å². The second-order valence-electron chi connectivity index (χ2n) is 5.37. The molecule has 4 nitrogen and oxygen atoms in total. The van der Waals surface area contributed by atoms with E-state index in [1.807, 2.05) is 65.7 Å². The normalized spacial score (nSPS) is 11.9. The maximum Gasteiger partial charge on any atom is 0.271 e. The van der Waals surface area contributed by atoms with Gasteiger partial charge in [-0.05, 0) is 36.6 Å². The molecule has 0 fully saturated rings. The minimum Gasteiger partial charge on any atom is -0.467 e. The van der Waals surface area contributed by atoms with Crippen molar-refractivity contribution in [1.29, 1.82) is 0 Å². The minimum absolute atomic E-state index is 0.0162. The standard InChI is InChI=1S/C18H16N2O2S2/c1-13-5-2-8-20(12-13)16(17(21)15-7-4-10-24-15)18(23)19-11-14-6-3-9-22-14/h2-10,12,16H,11H2,1H3/p+1/t16-/m0/s1. The number of aromatic nitrogens is 1. The van der Waals surface area contributed by atoms with E-state index in [0.717, 1.165) is 11.3 Å². The highest BCUT2D eigenvalue weighted by Crippen LogP contribution is 2.16. The molecule has 24 heavy (non-hydrogen) atoms. The predicted octanol–water partition coefficient (Wildman–Crippen LogP) is 3.48. The van der Waals surface area contributed by atoms with E-state index in [1.54, 1.807) is 6.26 Å². The second-order valence-corrected chi connectivity index (χ2v) is 6.76. The van der Waals surface area contributed by atoms with Gasteiger partial charge in [-0.1, -0.05) is 18.3 Å². The first-order chi connectivity index (χ1) is 11.6. The van der Waals surface area contributed by atoms with Crippen molar-refractivity contribution in [2.75, 3.05) is 0 Å². The molecule has 3 aromatic rings. The molecule has 3 aromatic heterocycles. The third-order valence-electron chi connectivity index (χ3n) is 3.55. The van der Waals surface area contributed by atoms with E-state index in [4.69, 9.17) is 16.6 Å². The Morgan fingerprint density at radius 3 is 2.88 bits per heavy atom. The molecule has 0 aliphatic carbocycles. The zero-order chi connectivity index (χ0) is 16.9. The Balaban J connectivity index is 1.86. The molecule has 0 aliphatic heterocycles. The van der Waals surface area contributed by atoms with Gasteiger partial charge in [0.15, 0.2) is 17.4 Å². The summed E-state index contributed by atoms with van der Waals surface area (Å²) in [5, 5.41) is 5.04. The molecule has 0 spiro atoms. The van der Waals surface area contributed by atoms with E-state index in [1.165, 1.54) is 11.3 Å². The van der Waals surface area contributed by atoms with Crippen LogP contribution in [0.5, 0.6) is 0 Å². The van der Waals surface area contributed by atoms with E-state index in [9.17, 15) is 4.79 Å². The zero-order valence-corrected chi connectivity index (χ0v) is 14.8.